The summed E-state index contributed by atoms with van der Waals surface area (Å²) in [6.45, 7) is 2.77. The molecule has 2 rings (SSSR count). The van der Waals surface area contributed by atoms with Crippen molar-refractivity contribution in [2.75, 3.05) is 11.9 Å². The SMILES string of the molecule is CC(C=O)c1ccccc1N(C)Cc1ccccc1. The Kier molecular flexibility index (Phi) is 4.35. The van der Waals surface area contributed by atoms with E-state index in [0.29, 0.717) is 0 Å². The molecule has 2 aromatic carbocycles. The predicted octanol–water partition coefficient (Wildman–Crippen LogP) is 3.63. The fraction of sp³-hybridized carbons (Fsp3) is 0.235. The van der Waals surface area contributed by atoms with Gasteiger partial charge in [0.15, 0.2) is 0 Å². The second-order valence-corrected chi connectivity index (χ2v) is 4.83. The molecule has 2 nitrogen and oxygen atoms in total. The minimum atomic E-state index is -0.0746. The van der Waals surface area contributed by atoms with Crippen molar-refractivity contribution >= 4 is 12.0 Å². The Balaban J connectivity index is 2.24. The van der Waals surface area contributed by atoms with Gasteiger partial charge in [0.05, 0.1) is 0 Å². The lowest BCUT2D eigenvalue weighted by Crippen LogP contribution is -2.18. The molecular weight excluding hydrogens is 234 g/mol. The lowest BCUT2D eigenvalue weighted by atomic mass is 10.00. The van der Waals surface area contributed by atoms with Crippen molar-refractivity contribution in [1.82, 2.24) is 0 Å². The molecule has 98 valence electrons. The van der Waals surface area contributed by atoms with Crippen LogP contribution in [0.2, 0.25) is 0 Å². The molecular formula is C17H19NO. The van der Waals surface area contributed by atoms with E-state index in [1.807, 2.05) is 43.3 Å². The van der Waals surface area contributed by atoms with Gasteiger partial charge in [0.1, 0.15) is 6.29 Å². The van der Waals surface area contributed by atoms with Gasteiger partial charge in [-0.25, -0.2) is 0 Å². The van der Waals surface area contributed by atoms with Crippen molar-refractivity contribution in [3.05, 3.63) is 65.7 Å². The quantitative estimate of drug-likeness (QED) is 0.758. The minimum Gasteiger partial charge on any atom is -0.370 e. The van der Waals surface area contributed by atoms with Gasteiger partial charge < -0.3 is 9.69 Å². The maximum absolute atomic E-state index is 11.0. The second-order valence-electron chi connectivity index (χ2n) is 4.83. The Bertz CT molecular complexity index is 536. The fourth-order valence-electron chi connectivity index (χ4n) is 2.24. The molecule has 19 heavy (non-hydrogen) atoms. The van der Waals surface area contributed by atoms with Gasteiger partial charge in [0.2, 0.25) is 0 Å². The van der Waals surface area contributed by atoms with E-state index in [1.165, 1.54) is 5.56 Å². The Morgan fingerprint density at radius 2 is 1.68 bits per heavy atom. The lowest BCUT2D eigenvalue weighted by Gasteiger charge is -2.23. The molecule has 1 atom stereocenters. The van der Waals surface area contributed by atoms with Crippen molar-refractivity contribution in [3.63, 3.8) is 0 Å². The average Bonchev–Trinajstić information content (AvgIpc) is 2.47. The molecule has 0 N–H and O–H groups in total. The molecule has 2 heteroatoms. The summed E-state index contributed by atoms with van der Waals surface area (Å²) in [6.07, 6.45) is 0.995. The molecule has 2 aromatic rings. The molecule has 0 heterocycles. The van der Waals surface area contributed by atoms with Gasteiger partial charge in [-0.05, 0) is 17.2 Å². The molecule has 0 fully saturated rings. The number of hydrogen-bond acceptors (Lipinski definition) is 2. The molecule has 1 unspecified atom stereocenters. The lowest BCUT2D eigenvalue weighted by molar-refractivity contribution is -0.108. The van der Waals surface area contributed by atoms with Crippen LogP contribution < -0.4 is 4.90 Å². The summed E-state index contributed by atoms with van der Waals surface area (Å²) in [5.74, 6) is -0.0746. The number of hydrogen-bond donors (Lipinski definition) is 0. The Morgan fingerprint density at radius 3 is 2.37 bits per heavy atom. The Hall–Kier alpha value is -2.09. The number of aldehydes is 1. The van der Waals surface area contributed by atoms with E-state index in [0.717, 1.165) is 24.1 Å². The first-order chi connectivity index (χ1) is 9.22. The van der Waals surface area contributed by atoms with Gasteiger partial charge in [0.25, 0.3) is 0 Å². The summed E-state index contributed by atoms with van der Waals surface area (Å²) in [7, 11) is 2.06. The van der Waals surface area contributed by atoms with Gasteiger partial charge in [-0.3, -0.25) is 0 Å². The smallest absolute Gasteiger partial charge is 0.127 e. The standard InChI is InChI=1S/C17H19NO/c1-14(13-19)16-10-6-7-11-17(16)18(2)12-15-8-4-3-5-9-15/h3-11,13-14H,12H2,1-2H3. The van der Waals surface area contributed by atoms with E-state index < -0.39 is 0 Å². The third-order valence-corrected chi connectivity index (χ3v) is 3.31. The Morgan fingerprint density at radius 1 is 1.05 bits per heavy atom. The van der Waals surface area contributed by atoms with E-state index in [1.54, 1.807) is 0 Å². The molecule has 0 amide bonds. The van der Waals surface area contributed by atoms with Gasteiger partial charge in [0, 0.05) is 25.2 Å². The number of carbonyl (C=O) groups is 1. The van der Waals surface area contributed by atoms with Crippen LogP contribution in [-0.4, -0.2) is 13.3 Å². The molecule has 0 spiro atoms. The van der Waals surface area contributed by atoms with Gasteiger partial charge in [-0.2, -0.15) is 0 Å². The zero-order valence-electron chi connectivity index (χ0n) is 11.4. The van der Waals surface area contributed by atoms with Gasteiger partial charge >= 0.3 is 0 Å². The Labute approximate surface area is 114 Å². The van der Waals surface area contributed by atoms with Crippen molar-refractivity contribution < 1.29 is 4.79 Å². The normalized spacial score (nSPS) is 11.9. The van der Waals surface area contributed by atoms with Crippen LogP contribution >= 0.6 is 0 Å². The monoisotopic (exact) mass is 253 g/mol. The number of benzene rings is 2. The van der Waals surface area contributed by atoms with Crippen LogP contribution in [0, 0.1) is 0 Å². The number of anilines is 1. The second kappa shape index (κ2) is 6.19. The van der Waals surface area contributed by atoms with E-state index in [9.17, 15) is 4.79 Å². The van der Waals surface area contributed by atoms with Crippen LogP contribution in [0.3, 0.4) is 0 Å². The van der Waals surface area contributed by atoms with Crippen LogP contribution in [0.15, 0.2) is 54.6 Å². The van der Waals surface area contributed by atoms with E-state index in [4.69, 9.17) is 0 Å². The summed E-state index contributed by atoms with van der Waals surface area (Å²) >= 11 is 0. The van der Waals surface area contributed by atoms with Crippen LogP contribution in [0.25, 0.3) is 0 Å². The number of rotatable bonds is 5. The molecule has 0 saturated heterocycles. The summed E-state index contributed by atoms with van der Waals surface area (Å²) in [6, 6.07) is 18.4. The van der Waals surface area contributed by atoms with Gasteiger partial charge in [-0.1, -0.05) is 55.5 Å². The predicted molar refractivity (Wildman–Crippen MR) is 79.5 cm³/mol. The summed E-state index contributed by atoms with van der Waals surface area (Å²) in [4.78, 5) is 13.2. The van der Waals surface area contributed by atoms with E-state index in [-0.39, 0.29) is 5.92 Å². The maximum atomic E-state index is 11.0. The van der Waals surface area contributed by atoms with Crippen molar-refractivity contribution in [2.45, 2.75) is 19.4 Å². The number of nitrogens with zero attached hydrogens (tertiary/aromatic N) is 1. The summed E-state index contributed by atoms with van der Waals surface area (Å²) in [5, 5.41) is 0. The molecule has 0 bridgehead atoms. The zero-order chi connectivity index (χ0) is 13.7. The summed E-state index contributed by atoms with van der Waals surface area (Å²) < 4.78 is 0. The van der Waals surface area contributed by atoms with Gasteiger partial charge in [-0.15, -0.1) is 0 Å². The topological polar surface area (TPSA) is 20.3 Å². The van der Waals surface area contributed by atoms with Crippen LogP contribution in [0.1, 0.15) is 24.0 Å². The molecule has 0 saturated carbocycles. The third-order valence-electron chi connectivity index (χ3n) is 3.31. The van der Waals surface area contributed by atoms with Crippen LogP contribution in [0.5, 0.6) is 0 Å². The molecule has 0 radical (unpaired) electrons. The minimum absolute atomic E-state index is 0.0746. The number of carbonyl (C=O) groups excluding carboxylic acids is 1. The fourth-order valence-corrected chi connectivity index (χ4v) is 2.24. The van der Waals surface area contributed by atoms with E-state index >= 15 is 0 Å². The zero-order valence-corrected chi connectivity index (χ0v) is 11.4. The number of para-hydroxylation sites is 1. The van der Waals surface area contributed by atoms with Crippen LogP contribution in [-0.2, 0) is 11.3 Å². The average molecular weight is 253 g/mol. The first-order valence-electron chi connectivity index (χ1n) is 6.51. The highest BCUT2D eigenvalue weighted by molar-refractivity contribution is 5.68. The largest absolute Gasteiger partial charge is 0.370 e. The van der Waals surface area contributed by atoms with Crippen molar-refractivity contribution in [1.29, 1.82) is 0 Å². The van der Waals surface area contributed by atoms with Crippen molar-refractivity contribution in [3.8, 4) is 0 Å². The molecule has 0 aliphatic heterocycles. The highest BCUT2D eigenvalue weighted by atomic mass is 16.1. The molecule has 0 aliphatic carbocycles. The molecule has 0 aromatic heterocycles. The van der Waals surface area contributed by atoms with Crippen LogP contribution in [0.4, 0.5) is 5.69 Å². The highest BCUT2D eigenvalue weighted by Crippen LogP contribution is 2.26. The first-order valence-corrected chi connectivity index (χ1v) is 6.51. The first kappa shape index (κ1) is 13.3. The summed E-state index contributed by atoms with van der Waals surface area (Å²) in [5.41, 5.74) is 3.46. The highest BCUT2D eigenvalue weighted by Gasteiger charge is 2.12. The van der Waals surface area contributed by atoms with Crippen molar-refractivity contribution in [2.24, 2.45) is 0 Å². The molecule has 0 aliphatic rings. The third kappa shape index (κ3) is 3.22. The maximum Gasteiger partial charge on any atom is 0.127 e. The van der Waals surface area contributed by atoms with E-state index in [2.05, 4.69) is 30.1 Å².